The lowest BCUT2D eigenvalue weighted by atomic mass is 9.86. The third-order valence-electron chi connectivity index (χ3n) is 4.22. The van der Waals surface area contributed by atoms with Crippen molar-refractivity contribution in [3.63, 3.8) is 0 Å². The van der Waals surface area contributed by atoms with Crippen LogP contribution in [-0.4, -0.2) is 31.2 Å². The Morgan fingerprint density at radius 3 is 2.22 bits per heavy atom. The number of nitro groups is 1. The SMILES string of the molecule is CC(C)(C)c1ccc(C(O)CNc2ccc([N+](=O)[O-])c(S(C)(=O)=O)c2)cc1. The van der Waals surface area contributed by atoms with Gasteiger partial charge in [-0.05, 0) is 28.7 Å². The largest absolute Gasteiger partial charge is 0.387 e. The highest BCUT2D eigenvalue weighted by atomic mass is 32.2. The van der Waals surface area contributed by atoms with E-state index in [1.54, 1.807) is 0 Å². The van der Waals surface area contributed by atoms with Crippen LogP contribution < -0.4 is 5.32 Å². The number of rotatable bonds is 6. The number of hydrogen-bond donors (Lipinski definition) is 2. The van der Waals surface area contributed by atoms with Gasteiger partial charge in [0.25, 0.3) is 5.69 Å². The first-order chi connectivity index (χ1) is 12.4. The molecule has 0 aliphatic rings. The van der Waals surface area contributed by atoms with Gasteiger partial charge in [0, 0.05) is 24.6 Å². The second kappa shape index (κ2) is 7.66. The van der Waals surface area contributed by atoms with E-state index in [1.165, 1.54) is 12.1 Å². The monoisotopic (exact) mass is 392 g/mol. The fraction of sp³-hybridized carbons (Fsp3) is 0.368. The van der Waals surface area contributed by atoms with Crippen molar-refractivity contribution in [2.45, 2.75) is 37.2 Å². The lowest BCUT2D eigenvalue weighted by Gasteiger charge is -2.20. The average molecular weight is 392 g/mol. The molecule has 0 spiro atoms. The van der Waals surface area contributed by atoms with Gasteiger partial charge in [0.1, 0.15) is 4.90 Å². The molecule has 1 atom stereocenters. The first-order valence-corrected chi connectivity index (χ1v) is 10.3. The summed E-state index contributed by atoms with van der Waals surface area (Å²) < 4.78 is 23.6. The molecule has 1 unspecified atom stereocenters. The Bertz CT molecular complexity index is 932. The molecule has 0 saturated carbocycles. The van der Waals surface area contributed by atoms with Crippen LogP contribution in [0.2, 0.25) is 0 Å². The summed E-state index contributed by atoms with van der Waals surface area (Å²) in [5.74, 6) is 0. The van der Waals surface area contributed by atoms with Crippen molar-refractivity contribution in [3.05, 3.63) is 63.7 Å². The Labute approximate surface area is 159 Å². The molecule has 27 heavy (non-hydrogen) atoms. The topological polar surface area (TPSA) is 110 Å². The van der Waals surface area contributed by atoms with Crippen molar-refractivity contribution in [3.8, 4) is 0 Å². The molecule has 0 amide bonds. The summed E-state index contributed by atoms with van der Waals surface area (Å²) >= 11 is 0. The standard InChI is InChI=1S/C19H24N2O5S/c1-19(2,3)14-7-5-13(6-8-14)17(22)12-20-15-9-10-16(21(23)24)18(11-15)27(4,25)26/h5-11,17,20,22H,12H2,1-4H3. The van der Waals surface area contributed by atoms with Gasteiger partial charge in [0.2, 0.25) is 0 Å². The molecule has 2 rings (SSSR count). The molecule has 0 radical (unpaired) electrons. The van der Waals surface area contributed by atoms with Gasteiger partial charge in [-0.2, -0.15) is 0 Å². The van der Waals surface area contributed by atoms with Crippen LogP contribution in [-0.2, 0) is 15.3 Å². The van der Waals surface area contributed by atoms with E-state index < -0.39 is 26.6 Å². The summed E-state index contributed by atoms with van der Waals surface area (Å²) in [6, 6.07) is 11.4. The zero-order valence-corrected chi connectivity index (χ0v) is 16.6. The normalized spacial score (nSPS) is 13.2. The molecular formula is C19H24N2O5S. The van der Waals surface area contributed by atoms with E-state index in [-0.39, 0.29) is 16.9 Å². The van der Waals surface area contributed by atoms with Crippen LogP contribution in [0.1, 0.15) is 38.0 Å². The third kappa shape index (κ3) is 5.27. The van der Waals surface area contributed by atoms with Crippen molar-refractivity contribution < 1.29 is 18.4 Å². The number of aliphatic hydroxyl groups excluding tert-OH is 1. The second-order valence-corrected chi connectivity index (χ2v) is 9.46. The van der Waals surface area contributed by atoms with E-state index in [9.17, 15) is 23.6 Å². The van der Waals surface area contributed by atoms with Crippen molar-refractivity contribution in [1.29, 1.82) is 0 Å². The Kier molecular flexibility index (Phi) is 5.91. The smallest absolute Gasteiger partial charge is 0.288 e. The van der Waals surface area contributed by atoms with E-state index in [0.717, 1.165) is 23.4 Å². The maximum absolute atomic E-state index is 11.8. The van der Waals surface area contributed by atoms with Gasteiger partial charge in [-0.25, -0.2) is 8.42 Å². The van der Waals surface area contributed by atoms with Crippen LogP contribution in [0.4, 0.5) is 11.4 Å². The van der Waals surface area contributed by atoms with E-state index in [1.807, 2.05) is 24.3 Å². The minimum Gasteiger partial charge on any atom is -0.387 e. The number of nitrogens with one attached hydrogen (secondary N) is 1. The quantitative estimate of drug-likeness (QED) is 0.576. The molecule has 0 fully saturated rings. The number of nitro benzene ring substituents is 1. The van der Waals surface area contributed by atoms with E-state index in [4.69, 9.17) is 0 Å². The summed E-state index contributed by atoms with van der Waals surface area (Å²) in [5, 5.41) is 24.3. The van der Waals surface area contributed by atoms with Crippen molar-refractivity contribution >= 4 is 21.2 Å². The zero-order valence-electron chi connectivity index (χ0n) is 15.8. The number of hydrogen-bond acceptors (Lipinski definition) is 6. The molecule has 0 aromatic heterocycles. The molecule has 0 aliphatic carbocycles. The summed E-state index contributed by atoms with van der Waals surface area (Å²) in [4.78, 5) is 9.92. The Morgan fingerprint density at radius 2 is 1.74 bits per heavy atom. The molecule has 2 aromatic rings. The molecule has 8 heteroatoms. The molecule has 0 aliphatic heterocycles. The lowest BCUT2D eigenvalue weighted by Crippen LogP contribution is -2.14. The average Bonchev–Trinajstić information content (AvgIpc) is 2.58. The molecule has 2 N–H and O–H groups in total. The van der Waals surface area contributed by atoms with Crippen molar-refractivity contribution in [2.24, 2.45) is 0 Å². The number of benzene rings is 2. The minimum atomic E-state index is -3.75. The van der Waals surface area contributed by atoms with Gasteiger partial charge in [0.15, 0.2) is 9.84 Å². The molecular weight excluding hydrogens is 368 g/mol. The first kappa shape index (κ1) is 20.9. The number of aliphatic hydroxyl groups is 1. The second-order valence-electron chi connectivity index (χ2n) is 7.48. The Balaban J connectivity index is 2.15. The fourth-order valence-electron chi connectivity index (χ4n) is 2.61. The highest BCUT2D eigenvalue weighted by Crippen LogP contribution is 2.28. The van der Waals surface area contributed by atoms with Crippen LogP contribution in [0.5, 0.6) is 0 Å². The molecule has 146 valence electrons. The predicted molar refractivity (Wildman–Crippen MR) is 105 cm³/mol. The summed E-state index contributed by atoms with van der Waals surface area (Å²) in [6.45, 7) is 6.45. The van der Waals surface area contributed by atoms with Crippen molar-refractivity contribution in [2.75, 3.05) is 18.1 Å². The van der Waals surface area contributed by atoms with Crippen LogP contribution in [0, 0.1) is 10.1 Å². The van der Waals surface area contributed by atoms with Gasteiger partial charge in [0.05, 0.1) is 11.0 Å². The molecule has 0 saturated heterocycles. The molecule has 0 bridgehead atoms. The third-order valence-corrected chi connectivity index (χ3v) is 5.34. The van der Waals surface area contributed by atoms with Gasteiger partial charge < -0.3 is 10.4 Å². The number of sulfone groups is 1. The Hall–Kier alpha value is -2.45. The van der Waals surface area contributed by atoms with Crippen LogP contribution in [0.15, 0.2) is 47.4 Å². The number of anilines is 1. The minimum absolute atomic E-state index is 0.0164. The highest BCUT2D eigenvalue weighted by molar-refractivity contribution is 7.90. The summed E-state index contributed by atoms with van der Waals surface area (Å²) in [5.41, 5.74) is 1.80. The van der Waals surface area contributed by atoms with Gasteiger partial charge >= 0.3 is 0 Å². The molecule has 7 nitrogen and oxygen atoms in total. The van der Waals surface area contributed by atoms with Gasteiger partial charge in [-0.1, -0.05) is 45.0 Å². The van der Waals surface area contributed by atoms with E-state index in [2.05, 4.69) is 26.1 Å². The fourth-order valence-corrected chi connectivity index (χ4v) is 3.47. The van der Waals surface area contributed by atoms with Crippen LogP contribution in [0.25, 0.3) is 0 Å². The summed E-state index contributed by atoms with van der Waals surface area (Å²) in [6.07, 6.45) is 0.112. The first-order valence-electron chi connectivity index (χ1n) is 8.40. The molecule has 2 aromatic carbocycles. The lowest BCUT2D eigenvalue weighted by molar-refractivity contribution is -0.387. The highest BCUT2D eigenvalue weighted by Gasteiger charge is 2.22. The maximum Gasteiger partial charge on any atom is 0.288 e. The predicted octanol–water partition coefficient (Wildman–Crippen LogP) is 3.44. The Morgan fingerprint density at radius 1 is 1.15 bits per heavy atom. The zero-order chi connectivity index (χ0) is 20.4. The number of nitrogens with zero attached hydrogens (tertiary/aromatic N) is 1. The summed E-state index contributed by atoms with van der Waals surface area (Å²) in [7, 11) is -3.75. The van der Waals surface area contributed by atoms with Gasteiger partial charge in [-0.3, -0.25) is 10.1 Å². The van der Waals surface area contributed by atoms with E-state index in [0.29, 0.717) is 5.69 Å². The molecule has 0 heterocycles. The van der Waals surface area contributed by atoms with Crippen molar-refractivity contribution in [1.82, 2.24) is 0 Å². The van der Waals surface area contributed by atoms with Crippen LogP contribution >= 0.6 is 0 Å². The van der Waals surface area contributed by atoms with E-state index >= 15 is 0 Å². The van der Waals surface area contributed by atoms with Crippen LogP contribution in [0.3, 0.4) is 0 Å². The maximum atomic E-state index is 11.8. The van der Waals surface area contributed by atoms with Gasteiger partial charge in [-0.15, -0.1) is 0 Å².